The van der Waals surface area contributed by atoms with Gasteiger partial charge in [0.25, 0.3) is 0 Å². The van der Waals surface area contributed by atoms with Gasteiger partial charge in [0.05, 0.1) is 31.1 Å². The minimum atomic E-state index is -1.22. The summed E-state index contributed by atoms with van der Waals surface area (Å²) in [5, 5.41) is 14.9. The Bertz CT molecular complexity index is 1370. The summed E-state index contributed by atoms with van der Waals surface area (Å²) < 4.78 is 15.0. The number of esters is 1. The Hall–Kier alpha value is -3.62. The van der Waals surface area contributed by atoms with E-state index in [1.165, 1.54) is 31.5 Å². The van der Waals surface area contributed by atoms with Crippen LogP contribution < -0.4 is 10.2 Å². The molecule has 9 nitrogen and oxygen atoms in total. The monoisotopic (exact) mass is 581 g/mol. The highest BCUT2D eigenvalue weighted by Crippen LogP contribution is 2.35. The number of hydrogen-bond donors (Lipinski definition) is 1. The summed E-state index contributed by atoms with van der Waals surface area (Å²) in [4.78, 5) is 35.6. The summed E-state index contributed by atoms with van der Waals surface area (Å²) in [6.07, 6.45) is 11.2. The highest BCUT2D eigenvalue weighted by Gasteiger charge is 2.24. The van der Waals surface area contributed by atoms with Crippen LogP contribution in [0, 0.1) is 5.92 Å². The summed E-state index contributed by atoms with van der Waals surface area (Å²) in [5.41, 5.74) is 1.42. The van der Waals surface area contributed by atoms with E-state index < -0.39 is 11.4 Å². The largest absolute Gasteiger partial charge is 0.491 e. The quantitative estimate of drug-likeness (QED) is 0.151. The smallest absolute Gasteiger partial charge is 0.341 e. The molecule has 1 aliphatic heterocycles. The SMILES string of the molecule is CC(C)C.CCCCCCCOC(=O)CCCCCCOc1cccc2c3n(nc12)CCn1cc(C(=O)O)c(=O)cc1-3. The maximum Gasteiger partial charge on any atom is 0.341 e. The van der Waals surface area contributed by atoms with Crippen molar-refractivity contribution in [1.82, 2.24) is 14.3 Å². The minimum Gasteiger partial charge on any atom is -0.491 e. The first-order valence-electron chi connectivity index (χ1n) is 15.5. The van der Waals surface area contributed by atoms with Crippen LogP contribution in [-0.4, -0.2) is 44.6 Å². The predicted molar refractivity (Wildman–Crippen MR) is 165 cm³/mol. The van der Waals surface area contributed by atoms with Gasteiger partial charge < -0.3 is 19.1 Å². The number of carbonyl (C=O) groups is 2. The van der Waals surface area contributed by atoms with Crippen molar-refractivity contribution >= 4 is 22.8 Å². The highest BCUT2D eigenvalue weighted by atomic mass is 16.5. The van der Waals surface area contributed by atoms with Gasteiger partial charge in [0, 0.05) is 30.6 Å². The predicted octanol–water partition coefficient (Wildman–Crippen LogP) is 7.08. The van der Waals surface area contributed by atoms with E-state index in [2.05, 4.69) is 27.7 Å². The average molecular weight is 582 g/mol. The zero-order valence-corrected chi connectivity index (χ0v) is 25.7. The van der Waals surface area contributed by atoms with E-state index in [0.29, 0.717) is 44.2 Å². The van der Waals surface area contributed by atoms with Crippen LogP contribution in [0.4, 0.5) is 0 Å². The van der Waals surface area contributed by atoms with Crippen LogP contribution in [0.5, 0.6) is 5.75 Å². The molecule has 42 heavy (non-hydrogen) atoms. The number of ether oxygens (including phenoxy) is 2. The second-order valence-electron chi connectivity index (χ2n) is 11.5. The molecule has 0 fully saturated rings. The molecule has 0 saturated heterocycles. The standard InChI is InChI=1S/C29H37N3O6.C4H10/c1-2-3-4-6-10-18-38-26(34)14-8-5-7-9-17-37-25-13-11-12-21-27(25)30-32-16-15-31-20-22(29(35)36)24(33)19-23(31)28(21)32;1-4(2)3/h11-13,19-20H,2-10,14-18H2,1H3,(H,35,36);4H,1-3H3. The fraction of sp³-hybridized carbons (Fsp3) is 0.576. The second-order valence-corrected chi connectivity index (χ2v) is 11.5. The van der Waals surface area contributed by atoms with Gasteiger partial charge in [-0.25, -0.2) is 4.79 Å². The van der Waals surface area contributed by atoms with Crippen molar-refractivity contribution in [2.45, 2.75) is 105 Å². The maximum atomic E-state index is 12.4. The van der Waals surface area contributed by atoms with E-state index in [4.69, 9.17) is 14.6 Å². The molecular formula is C33H47N3O6. The summed E-state index contributed by atoms with van der Waals surface area (Å²) in [6.45, 7) is 10.9. The van der Waals surface area contributed by atoms with Crippen molar-refractivity contribution < 1.29 is 24.2 Å². The molecule has 230 valence electrons. The Kier molecular flexibility index (Phi) is 13.1. The molecule has 0 bridgehead atoms. The summed E-state index contributed by atoms with van der Waals surface area (Å²) in [5.74, 6) is 0.191. The molecule has 0 aliphatic carbocycles. The number of nitrogens with zero attached hydrogens (tertiary/aromatic N) is 3. The van der Waals surface area contributed by atoms with Gasteiger partial charge in [-0.2, -0.15) is 5.10 Å². The Labute approximate surface area is 248 Å². The normalized spacial score (nSPS) is 11.9. The van der Waals surface area contributed by atoms with Gasteiger partial charge >= 0.3 is 11.9 Å². The number of aromatic nitrogens is 3. The van der Waals surface area contributed by atoms with Crippen LogP contribution in [0.2, 0.25) is 0 Å². The number of unbranched alkanes of at least 4 members (excludes halogenated alkanes) is 7. The third-order valence-corrected chi connectivity index (χ3v) is 6.93. The van der Waals surface area contributed by atoms with Crippen LogP contribution in [0.3, 0.4) is 0 Å². The zero-order chi connectivity index (χ0) is 30.5. The van der Waals surface area contributed by atoms with E-state index in [1.54, 1.807) is 4.57 Å². The number of hydrogen-bond acceptors (Lipinski definition) is 6. The minimum absolute atomic E-state index is 0.102. The van der Waals surface area contributed by atoms with Gasteiger partial charge in [-0.05, 0) is 31.2 Å². The van der Waals surface area contributed by atoms with Gasteiger partial charge in [-0.3, -0.25) is 14.3 Å². The Morgan fingerprint density at radius 3 is 2.38 bits per heavy atom. The number of pyridine rings is 1. The van der Waals surface area contributed by atoms with Crippen molar-refractivity contribution in [1.29, 1.82) is 0 Å². The van der Waals surface area contributed by atoms with Gasteiger partial charge in [0.2, 0.25) is 0 Å². The lowest BCUT2D eigenvalue weighted by molar-refractivity contribution is -0.143. The Morgan fingerprint density at radius 2 is 1.67 bits per heavy atom. The van der Waals surface area contributed by atoms with Gasteiger partial charge in [-0.1, -0.05) is 78.4 Å². The maximum absolute atomic E-state index is 12.4. The molecule has 0 atom stereocenters. The van der Waals surface area contributed by atoms with Crippen molar-refractivity contribution in [3.05, 3.63) is 46.2 Å². The van der Waals surface area contributed by atoms with Crippen molar-refractivity contribution in [2.24, 2.45) is 5.92 Å². The molecule has 2 aromatic heterocycles. The van der Waals surface area contributed by atoms with Crippen LogP contribution in [0.15, 0.2) is 35.3 Å². The number of aryl methyl sites for hydroxylation is 2. The van der Waals surface area contributed by atoms with Gasteiger partial charge in [0.15, 0.2) is 5.43 Å². The molecule has 0 unspecified atom stereocenters. The van der Waals surface area contributed by atoms with Crippen molar-refractivity contribution in [3.63, 3.8) is 0 Å². The Balaban J connectivity index is 0.00000114. The van der Waals surface area contributed by atoms with Crippen molar-refractivity contribution in [2.75, 3.05) is 13.2 Å². The number of carboxylic acid groups (broad SMARTS) is 1. The molecular weight excluding hydrogens is 534 g/mol. The first kappa shape index (κ1) is 32.9. The van der Waals surface area contributed by atoms with Gasteiger partial charge in [0.1, 0.15) is 16.8 Å². The number of aromatic carboxylic acids is 1. The van der Waals surface area contributed by atoms with E-state index in [1.807, 2.05) is 22.9 Å². The molecule has 3 heterocycles. The number of carbonyl (C=O) groups excluding carboxylic acids is 1. The number of fused-ring (bicyclic) bond motifs is 5. The van der Waals surface area contributed by atoms with E-state index in [9.17, 15) is 19.5 Å². The number of carboxylic acids is 1. The first-order chi connectivity index (χ1) is 20.2. The number of rotatable bonds is 15. The van der Waals surface area contributed by atoms with E-state index in [-0.39, 0.29) is 11.5 Å². The lowest BCUT2D eigenvalue weighted by Crippen LogP contribution is -2.24. The topological polar surface area (TPSA) is 113 Å². The molecule has 4 rings (SSSR count). The molecule has 9 heteroatoms. The van der Waals surface area contributed by atoms with E-state index in [0.717, 1.165) is 61.0 Å². The number of benzene rings is 1. The van der Waals surface area contributed by atoms with Crippen LogP contribution in [-0.2, 0) is 22.6 Å². The molecule has 1 N–H and O–H groups in total. The summed E-state index contributed by atoms with van der Waals surface area (Å²) in [6, 6.07) is 7.11. The van der Waals surface area contributed by atoms with E-state index >= 15 is 0 Å². The lowest BCUT2D eigenvalue weighted by Gasteiger charge is -2.21. The highest BCUT2D eigenvalue weighted by molar-refractivity contribution is 5.96. The van der Waals surface area contributed by atoms with Crippen LogP contribution >= 0.6 is 0 Å². The molecule has 0 amide bonds. The second kappa shape index (κ2) is 16.7. The van der Waals surface area contributed by atoms with Crippen LogP contribution in [0.1, 0.15) is 102 Å². The molecule has 1 aliphatic rings. The molecule has 0 spiro atoms. The van der Waals surface area contributed by atoms with Gasteiger partial charge in [-0.15, -0.1) is 0 Å². The summed E-state index contributed by atoms with van der Waals surface area (Å²) in [7, 11) is 0. The fourth-order valence-corrected chi connectivity index (χ4v) is 4.87. The molecule has 3 aromatic rings. The van der Waals surface area contributed by atoms with Crippen LogP contribution in [0.25, 0.3) is 22.3 Å². The zero-order valence-electron chi connectivity index (χ0n) is 25.7. The third kappa shape index (κ3) is 9.46. The fourth-order valence-electron chi connectivity index (χ4n) is 4.87. The average Bonchev–Trinajstić information content (AvgIpc) is 3.33. The molecule has 1 aromatic carbocycles. The molecule has 0 saturated carbocycles. The third-order valence-electron chi connectivity index (χ3n) is 6.93. The lowest BCUT2D eigenvalue weighted by atomic mass is 10.1. The Morgan fingerprint density at radius 1 is 0.976 bits per heavy atom. The first-order valence-corrected chi connectivity index (χ1v) is 15.5. The summed E-state index contributed by atoms with van der Waals surface area (Å²) >= 11 is 0. The molecule has 0 radical (unpaired) electrons. The van der Waals surface area contributed by atoms with Crippen molar-refractivity contribution in [3.8, 4) is 17.1 Å².